The first-order valence-electron chi connectivity index (χ1n) is 9.55. The van der Waals surface area contributed by atoms with Gasteiger partial charge in [-0.3, -0.25) is 0 Å². The van der Waals surface area contributed by atoms with E-state index < -0.39 is 15.8 Å². The van der Waals surface area contributed by atoms with E-state index >= 15 is 0 Å². The van der Waals surface area contributed by atoms with Gasteiger partial charge in [0.2, 0.25) is 0 Å². The first kappa shape index (κ1) is 22.0. The lowest BCUT2D eigenvalue weighted by atomic mass is 10.1. The average Bonchev–Trinajstić information content (AvgIpc) is 3.13. The van der Waals surface area contributed by atoms with Crippen molar-refractivity contribution in [3.8, 4) is 22.7 Å². The smallest absolute Gasteiger partial charge is 0.288 e. The quantitative estimate of drug-likeness (QED) is 0.518. The van der Waals surface area contributed by atoms with E-state index in [1.807, 2.05) is 31.2 Å². The Labute approximate surface area is 175 Å². The van der Waals surface area contributed by atoms with Crippen LogP contribution in [0.25, 0.3) is 16.9 Å². The minimum Gasteiger partial charge on any atom is -0.493 e. The number of aromatic nitrogens is 2. The van der Waals surface area contributed by atoms with Crippen LogP contribution in [-0.2, 0) is 22.2 Å². The van der Waals surface area contributed by atoms with Crippen LogP contribution in [0.1, 0.15) is 25.1 Å². The predicted molar refractivity (Wildman–Crippen MR) is 113 cm³/mol. The number of hydrogen-bond donors (Lipinski definition) is 0. The highest BCUT2D eigenvalue weighted by molar-refractivity contribution is 7.90. The lowest BCUT2D eigenvalue weighted by Crippen LogP contribution is -2.11. The van der Waals surface area contributed by atoms with Crippen LogP contribution in [0.2, 0.25) is 0 Å². The van der Waals surface area contributed by atoms with Crippen molar-refractivity contribution in [2.24, 2.45) is 0 Å². The van der Waals surface area contributed by atoms with Crippen molar-refractivity contribution in [3.05, 3.63) is 65.9 Å². The van der Waals surface area contributed by atoms with Gasteiger partial charge in [-0.1, -0.05) is 19.1 Å². The standard InChI is InChI=1S/C22H24F2N2O3S/c1-4-16-5-9-18(10-6-16)26-20(15-21(25-26)22(2,23)24)17-7-11-19(12-8-17)29-13-14-30(3,27)28/h5-12,15H,4,13-14H2,1-3H3. The monoisotopic (exact) mass is 434 g/mol. The van der Waals surface area contributed by atoms with Crippen LogP contribution in [0.3, 0.4) is 0 Å². The predicted octanol–water partition coefficient (Wildman–Crippen LogP) is 4.64. The summed E-state index contributed by atoms with van der Waals surface area (Å²) in [5.41, 5.74) is 2.73. The first-order chi connectivity index (χ1) is 14.1. The van der Waals surface area contributed by atoms with Gasteiger partial charge in [-0.2, -0.15) is 13.9 Å². The molecule has 0 amide bonds. The van der Waals surface area contributed by atoms with Crippen LogP contribution in [0.15, 0.2) is 54.6 Å². The van der Waals surface area contributed by atoms with Crippen LogP contribution >= 0.6 is 0 Å². The van der Waals surface area contributed by atoms with Crippen LogP contribution in [0.5, 0.6) is 5.75 Å². The number of benzene rings is 2. The van der Waals surface area contributed by atoms with Crippen LogP contribution in [-0.4, -0.2) is 36.8 Å². The Balaban J connectivity index is 1.92. The van der Waals surface area contributed by atoms with Gasteiger partial charge in [0.15, 0.2) is 9.84 Å². The third kappa shape index (κ3) is 5.44. The molecular formula is C22H24F2N2O3S. The zero-order valence-corrected chi connectivity index (χ0v) is 17.9. The minimum absolute atomic E-state index is 0.0477. The van der Waals surface area contributed by atoms with Gasteiger partial charge in [0.05, 0.1) is 17.1 Å². The van der Waals surface area contributed by atoms with Crippen molar-refractivity contribution in [3.63, 3.8) is 0 Å². The number of hydrogen-bond acceptors (Lipinski definition) is 4. The lowest BCUT2D eigenvalue weighted by Gasteiger charge is -2.10. The largest absolute Gasteiger partial charge is 0.493 e. The summed E-state index contributed by atoms with van der Waals surface area (Å²) in [5.74, 6) is -2.65. The maximum Gasteiger partial charge on any atom is 0.288 e. The van der Waals surface area contributed by atoms with Crippen molar-refractivity contribution in [2.45, 2.75) is 26.2 Å². The summed E-state index contributed by atoms with van der Waals surface area (Å²) < 4.78 is 57.3. The van der Waals surface area contributed by atoms with Crippen molar-refractivity contribution in [1.29, 1.82) is 0 Å². The van der Waals surface area contributed by atoms with Gasteiger partial charge in [-0.15, -0.1) is 0 Å². The molecule has 3 rings (SSSR count). The fourth-order valence-electron chi connectivity index (χ4n) is 2.90. The van der Waals surface area contributed by atoms with Gasteiger partial charge in [-0.05, 0) is 54.4 Å². The first-order valence-corrected chi connectivity index (χ1v) is 11.6. The molecule has 0 fully saturated rings. The molecule has 30 heavy (non-hydrogen) atoms. The molecule has 0 N–H and O–H groups in total. The maximum absolute atomic E-state index is 14.0. The van der Waals surface area contributed by atoms with Gasteiger partial charge in [0, 0.05) is 18.7 Å². The molecule has 160 valence electrons. The molecule has 0 saturated heterocycles. The van der Waals surface area contributed by atoms with Gasteiger partial charge < -0.3 is 4.74 Å². The second kappa shape index (κ2) is 8.55. The molecule has 5 nitrogen and oxygen atoms in total. The van der Waals surface area contributed by atoms with Crippen LogP contribution < -0.4 is 4.74 Å². The summed E-state index contributed by atoms with van der Waals surface area (Å²) in [6, 6.07) is 15.8. The second-order valence-corrected chi connectivity index (χ2v) is 9.50. The Bertz CT molecular complexity index is 1100. The normalized spacial score (nSPS) is 12.2. The van der Waals surface area contributed by atoms with Gasteiger partial charge >= 0.3 is 0 Å². The molecular weight excluding hydrogens is 410 g/mol. The summed E-state index contributed by atoms with van der Waals surface area (Å²) >= 11 is 0. The van der Waals surface area contributed by atoms with E-state index in [4.69, 9.17) is 4.74 Å². The molecule has 1 aromatic heterocycles. The fourth-order valence-corrected chi connectivity index (χ4v) is 3.29. The number of rotatable bonds is 8. The highest BCUT2D eigenvalue weighted by Gasteiger charge is 2.29. The van der Waals surface area contributed by atoms with E-state index in [0.29, 0.717) is 22.7 Å². The average molecular weight is 435 g/mol. The van der Waals surface area contributed by atoms with E-state index in [0.717, 1.165) is 25.2 Å². The topological polar surface area (TPSA) is 61.2 Å². The number of ether oxygens (including phenoxy) is 1. The third-order valence-electron chi connectivity index (χ3n) is 4.62. The van der Waals surface area contributed by atoms with Crippen molar-refractivity contribution >= 4 is 9.84 Å². The van der Waals surface area contributed by atoms with Gasteiger partial charge in [-0.25, -0.2) is 13.1 Å². The number of alkyl halides is 2. The molecule has 0 atom stereocenters. The second-order valence-electron chi connectivity index (χ2n) is 7.24. The molecule has 0 aliphatic rings. The molecule has 3 aromatic rings. The van der Waals surface area contributed by atoms with E-state index in [1.54, 1.807) is 24.3 Å². The number of nitrogens with zero attached hydrogens (tertiary/aromatic N) is 2. The Morgan fingerprint density at radius 3 is 2.23 bits per heavy atom. The maximum atomic E-state index is 14.0. The Morgan fingerprint density at radius 1 is 1.07 bits per heavy atom. The number of halogens is 2. The molecule has 0 aliphatic carbocycles. The molecule has 1 heterocycles. The molecule has 0 aliphatic heterocycles. The Kier molecular flexibility index (Phi) is 6.26. The summed E-state index contributed by atoms with van der Waals surface area (Å²) in [5, 5.41) is 4.15. The molecule has 8 heteroatoms. The third-order valence-corrected chi connectivity index (χ3v) is 5.53. The molecule has 0 bridgehead atoms. The Hall–Kier alpha value is -2.74. The van der Waals surface area contributed by atoms with Gasteiger partial charge in [0.1, 0.15) is 18.1 Å². The molecule has 0 radical (unpaired) electrons. The molecule has 0 saturated carbocycles. The summed E-state index contributed by atoms with van der Waals surface area (Å²) in [7, 11) is -3.11. The zero-order chi connectivity index (χ0) is 21.9. The van der Waals surface area contributed by atoms with Crippen LogP contribution in [0, 0.1) is 0 Å². The van der Waals surface area contributed by atoms with E-state index in [1.165, 1.54) is 10.7 Å². The summed E-state index contributed by atoms with van der Waals surface area (Å²) in [6.07, 6.45) is 2.03. The fraction of sp³-hybridized carbons (Fsp3) is 0.318. The van der Waals surface area contributed by atoms with Crippen molar-refractivity contribution in [1.82, 2.24) is 9.78 Å². The van der Waals surface area contributed by atoms with Crippen molar-refractivity contribution < 1.29 is 21.9 Å². The lowest BCUT2D eigenvalue weighted by molar-refractivity contribution is 0.0124. The molecule has 0 spiro atoms. The zero-order valence-electron chi connectivity index (χ0n) is 17.1. The van der Waals surface area contributed by atoms with E-state index in [2.05, 4.69) is 5.10 Å². The van der Waals surface area contributed by atoms with E-state index in [-0.39, 0.29) is 18.1 Å². The molecule has 0 unspecified atom stereocenters. The number of aryl methyl sites for hydroxylation is 1. The van der Waals surface area contributed by atoms with Crippen molar-refractivity contribution in [2.75, 3.05) is 18.6 Å². The van der Waals surface area contributed by atoms with E-state index in [9.17, 15) is 17.2 Å². The summed E-state index contributed by atoms with van der Waals surface area (Å²) in [6.45, 7) is 2.91. The minimum atomic E-state index is -3.11. The Morgan fingerprint density at radius 2 is 1.70 bits per heavy atom. The highest BCUT2D eigenvalue weighted by atomic mass is 32.2. The van der Waals surface area contributed by atoms with Crippen LogP contribution in [0.4, 0.5) is 8.78 Å². The SMILES string of the molecule is CCc1ccc(-n2nc(C(C)(F)F)cc2-c2ccc(OCCS(C)(=O)=O)cc2)cc1. The van der Waals surface area contributed by atoms with Gasteiger partial charge in [0.25, 0.3) is 5.92 Å². The summed E-state index contributed by atoms with van der Waals surface area (Å²) in [4.78, 5) is 0. The molecule has 2 aromatic carbocycles. The highest BCUT2D eigenvalue weighted by Crippen LogP contribution is 2.32. The number of sulfone groups is 1.